The summed E-state index contributed by atoms with van der Waals surface area (Å²) in [6.45, 7) is 4.48. The van der Waals surface area contributed by atoms with Crippen LogP contribution in [0, 0.1) is 11.2 Å². The monoisotopic (exact) mass is 317 g/mol. The first-order valence-electron chi connectivity index (χ1n) is 8.11. The van der Waals surface area contributed by atoms with Gasteiger partial charge in [-0.25, -0.2) is 4.39 Å². The van der Waals surface area contributed by atoms with Crippen molar-refractivity contribution >= 4 is 16.8 Å². The number of hydrogen-bond donors (Lipinski definition) is 1. The second-order valence-electron chi connectivity index (χ2n) is 6.88. The topological polar surface area (TPSA) is 37.3 Å². The molecule has 0 radical (unpaired) electrons. The van der Waals surface area contributed by atoms with E-state index < -0.39 is 0 Å². The van der Waals surface area contributed by atoms with Gasteiger partial charge in [0, 0.05) is 44.3 Å². The Kier molecular flexibility index (Phi) is 4.15. The largest absolute Gasteiger partial charge is 0.359 e. The van der Waals surface area contributed by atoms with Crippen LogP contribution in [0.5, 0.6) is 0 Å². The van der Waals surface area contributed by atoms with Crippen LogP contribution in [0.15, 0.2) is 24.4 Å². The number of halogens is 1. The van der Waals surface area contributed by atoms with E-state index in [4.69, 9.17) is 0 Å². The molecular weight excluding hydrogens is 293 g/mol. The average molecular weight is 317 g/mol. The van der Waals surface area contributed by atoms with Crippen LogP contribution in [0.4, 0.5) is 4.39 Å². The molecule has 1 fully saturated rings. The highest BCUT2D eigenvalue weighted by Crippen LogP contribution is 2.31. The summed E-state index contributed by atoms with van der Waals surface area (Å²) in [5.74, 6) is -0.107. The van der Waals surface area contributed by atoms with Crippen LogP contribution in [0.2, 0.25) is 0 Å². The van der Waals surface area contributed by atoms with Crippen LogP contribution >= 0.6 is 0 Å². The fraction of sp³-hybridized carbons (Fsp3) is 0.500. The summed E-state index contributed by atoms with van der Waals surface area (Å²) in [5.41, 5.74) is 1.80. The normalized spacial score (nSPS) is 22.4. The number of rotatable bonds is 3. The van der Waals surface area contributed by atoms with Crippen molar-refractivity contribution in [2.45, 2.75) is 26.3 Å². The van der Waals surface area contributed by atoms with Crippen LogP contribution in [-0.4, -0.2) is 35.5 Å². The molecule has 1 atom stereocenters. The summed E-state index contributed by atoms with van der Waals surface area (Å²) in [7, 11) is 3.68. The smallest absolute Gasteiger partial charge is 0.226 e. The van der Waals surface area contributed by atoms with Crippen molar-refractivity contribution in [2.24, 2.45) is 12.5 Å². The third-order valence-electron chi connectivity index (χ3n) is 4.98. The lowest BCUT2D eigenvalue weighted by Gasteiger charge is -2.39. The first-order valence-corrected chi connectivity index (χ1v) is 8.11. The minimum atomic E-state index is -0.344. The fourth-order valence-corrected chi connectivity index (χ4v) is 3.78. The van der Waals surface area contributed by atoms with Gasteiger partial charge in [0.2, 0.25) is 5.91 Å². The van der Waals surface area contributed by atoms with Crippen molar-refractivity contribution in [3.8, 4) is 0 Å². The summed E-state index contributed by atoms with van der Waals surface area (Å²) >= 11 is 0. The maximum Gasteiger partial charge on any atom is 0.226 e. The molecule has 1 amide bonds. The third kappa shape index (κ3) is 2.98. The molecule has 1 aromatic carbocycles. The molecule has 0 unspecified atom stereocenters. The Balaban J connectivity index is 1.85. The van der Waals surface area contributed by atoms with Crippen LogP contribution in [0.25, 0.3) is 10.9 Å². The average Bonchev–Trinajstić information content (AvgIpc) is 2.82. The van der Waals surface area contributed by atoms with E-state index in [2.05, 4.69) is 16.4 Å². The number of fused-ring (bicyclic) bond motifs is 1. The highest BCUT2D eigenvalue weighted by molar-refractivity contribution is 5.84. The van der Waals surface area contributed by atoms with Gasteiger partial charge in [0.1, 0.15) is 5.82 Å². The van der Waals surface area contributed by atoms with Gasteiger partial charge < -0.3 is 9.88 Å². The van der Waals surface area contributed by atoms with Crippen molar-refractivity contribution in [3.63, 3.8) is 0 Å². The quantitative estimate of drug-likeness (QED) is 0.945. The number of piperidine rings is 1. The molecular formula is C18H24FN3O. The Morgan fingerprint density at radius 2 is 2.22 bits per heavy atom. The van der Waals surface area contributed by atoms with E-state index in [0.717, 1.165) is 48.9 Å². The van der Waals surface area contributed by atoms with E-state index >= 15 is 0 Å². The van der Waals surface area contributed by atoms with Gasteiger partial charge in [-0.1, -0.05) is 0 Å². The highest BCUT2D eigenvalue weighted by atomic mass is 19.1. The number of hydrogen-bond acceptors (Lipinski definition) is 2. The summed E-state index contributed by atoms with van der Waals surface area (Å²) in [5, 5.41) is 3.74. The minimum absolute atomic E-state index is 0.103. The molecule has 0 saturated carbocycles. The molecule has 1 saturated heterocycles. The first kappa shape index (κ1) is 16.0. The molecule has 1 aromatic heterocycles. The lowest BCUT2D eigenvalue weighted by atomic mass is 9.81. The molecule has 4 nitrogen and oxygen atoms in total. The number of likely N-dealkylation sites (tertiary alicyclic amines) is 1. The Bertz CT molecular complexity index is 739. The summed E-state index contributed by atoms with van der Waals surface area (Å²) in [4.78, 5) is 14.5. The number of benzene rings is 1. The first-order chi connectivity index (χ1) is 10.9. The molecule has 2 heterocycles. The molecule has 0 spiro atoms. The van der Waals surface area contributed by atoms with Crippen molar-refractivity contribution in [2.75, 3.05) is 20.1 Å². The van der Waals surface area contributed by atoms with E-state index in [1.165, 1.54) is 6.07 Å². The van der Waals surface area contributed by atoms with Crippen molar-refractivity contribution in [1.82, 2.24) is 14.8 Å². The van der Waals surface area contributed by atoms with Crippen molar-refractivity contribution in [3.05, 3.63) is 35.8 Å². The van der Waals surface area contributed by atoms with Gasteiger partial charge in [-0.2, -0.15) is 0 Å². The number of aryl methyl sites for hydroxylation is 1. The van der Waals surface area contributed by atoms with Crippen LogP contribution in [-0.2, 0) is 18.4 Å². The van der Waals surface area contributed by atoms with E-state index in [1.54, 1.807) is 13.1 Å². The van der Waals surface area contributed by atoms with E-state index in [1.807, 2.05) is 24.6 Å². The second-order valence-corrected chi connectivity index (χ2v) is 6.88. The summed E-state index contributed by atoms with van der Waals surface area (Å²) in [6, 6.07) is 4.92. The standard InChI is InChI=1S/C18H24FN3O/c1-18(17(23)20-2)7-4-8-22(12-18)11-13-10-21(3)16-6-5-14(19)9-15(13)16/h5-6,9-10H,4,7-8,11-12H2,1-3H3,(H,20,23)/t18-/m1/s1. The molecule has 5 heteroatoms. The second kappa shape index (κ2) is 5.96. The molecule has 1 aliphatic heterocycles. The predicted molar refractivity (Wildman–Crippen MR) is 89.6 cm³/mol. The number of nitrogens with zero attached hydrogens (tertiary/aromatic N) is 2. The zero-order valence-corrected chi connectivity index (χ0v) is 14.0. The van der Waals surface area contributed by atoms with Gasteiger partial charge in [0.05, 0.1) is 5.41 Å². The van der Waals surface area contributed by atoms with Crippen molar-refractivity contribution < 1.29 is 9.18 Å². The summed E-state index contributed by atoms with van der Waals surface area (Å²) in [6.07, 6.45) is 3.98. The van der Waals surface area contributed by atoms with Gasteiger partial charge in [0.15, 0.2) is 0 Å². The van der Waals surface area contributed by atoms with Crippen molar-refractivity contribution in [1.29, 1.82) is 0 Å². The van der Waals surface area contributed by atoms with Crippen LogP contribution < -0.4 is 5.32 Å². The van der Waals surface area contributed by atoms with Gasteiger partial charge in [0.25, 0.3) is 0 Å². The van der Waals surface area contributed by atoms with Crippen LogP contribution in [0.1, 0.15) is 25.3 Å². The number of nitrogens with one attached hydrogen (secondary N) is 1. The van der Waals surface area contributed by atoms with E-state index in [-0.39, 0.29) is 17.1 Å². The fourth-order valence-electron chi connectivity index (χ4n) is 3.78. The molecule has 1 aliphatic rings. The maximum atomic E-state index is 13.6. The Morgan fingerprint density at radius 3 is 2.96 bits per heavy atom. The zero-order chi connectivity index (χ0) is 16.6. The summed E-state index contributed by atoms with van der Waals surface area (Å²) < 4.78 is 15.6. The van der Waals surface area contributed by atoms with Gasteiger partial charge in [-0.15, -0.1) is 0 Å². The predicted octanol–water partition coefficient (Wildman–Crippen LogP) is 2.67. The van der Waals surface area contributed by atoms with Crippen LogP contribution in [0.3, 0.4) is 0 Å². The third-order valence-corrected chi connectivity index (χ3v) is 4.98. The Labute approximate surface area is 136 Å². The lowest BCUT2D eigenvalue weighted by molar-refractivity contribution is -0.132. The lowest BCUT2D eigenvalue weighted by Crippen LogP contribution is -2.49. The molecule has 23 heavy (non-hydrogen) atoms. The minimum Gasteiger partial charge on any atom is -0.359 e. The Morgan fingerprint density at radius 1 is 1.43 bits per heavy atom. The number of amides is 1. The zero-order valence-electron chi connectivity index (χ0n) is 14.0. The maximum absolute atomic E-state index is 13.6. The SMILES string of the molecule is CNC(=O)[C@]1(C)CCCN(Cc2cn(C)c3ccc(F)cc23)C1. The molecule has 124 valence electrons. The molecule has 0 bridgehead atoms. The van der Waals surface area contributed by atoms with Gasteiger partial charge in [-0.3, -0.25) is 9.69 Å². The number of carbonyl (C=O) groups is 1. The Hall–Kier alpha value is -1.88. The number of aromatic nitrogens is 1. The van der Waals surface area contributed by atoms with E-state index in [9.17, 15) is 9.18 Å². The molecule has 2 aromatic rings. The van der Waals surface area contributed by atoms with Gasteiger partial charge >= 0.3 is 0 Å². The molecule has 0 aliphatic carbocycles. The molecule has 3 rings (SSSR count). The number of carbonyl (C=O) groups excluding carboxylic acids is 1. The highest BCUT2D eigenvalue weighted by Gasteiger charge is 2.37. The van der Waals surface area contributed by atoms with Gasteiger partial charge in [-0.05, 0) is 50.1 Å². The van der Waals surface area contributed by atoms with E-state index in [0.29, 0.717) is 0 Å². The molecule has 1 N–H and O–H groups in total.